The molecule has 88 valence electrons. The standard InChI is InChI=1S/C10H18O4S/c1-8(2)14-10(11)7-15(12,13)9-5-3-4-6-9/h8-9H,3-7H2,1-2H3. The van der Waals surface area contributed by atoms with Crippen LogP contribution in [-0.2, 0) is 19.4 Å². The van der Waals surface area contributed by atoms with Gasteiger partial charge in [-0.05, 0) is 26.7 Å². The molecule has 0 aromatic heterocycles. The van der Waals surface area contributed by atoms with Gasteiger partial charge in [0.1, 0.15) is 5.75 Å². The fourth-order valence-electron chi connectivity index (χ4n) is 1.83. The van der Waals surface area contributed by atoms with E-state index in [1.807, 2.05) is 0 Å². The first-order chi connectivity index (χ1) is 6.92. The first-order valence-electron chi connectivity index (χ1n) is 5.33. The molecule has 0 atom stereocenters. The predicted molar refractivity (Wildman–Crippen MR) is 57.3 cm³/mol. The van der Waals surface area contributed by atoms with Crippen LogP contribution in [0.4, 0.5) is 0 Å². The topological polar surface area (TPSA) is 60.4 Å². The molecule has 0 aromatic rings. The van der Waals surface area contributed by atoms with Gasteiger partial charge in [0.15, 0.2) is 9.84 Å². The molecule has 1 saturated carbocycles. The van der Waals surface area contributed by atoms with E-state index in [0.717, 1.165) is 12.8 Å². The number of sulfone groups is 1. The first-order valence-corrected chi connectivity index (χ1v) is 7.04. The van der Waals surface area contributed by atoms with Crippen molar-refractivity contribution in [2.45, 2.75) is 50.9 Å². The van der Waals surface area contributed by atoms with Crippen molar-refractivity contribution in [3.63, 3.8) is 0 Å². The molecule has 0 radical (unpaired) electrons. The number of esters is 1. The van der Waals surface area contributed by atoms with Gasteiger partial charge < -0.3 is 4.74 Å². The first kappa shape index (κ1) is 12.5. The second-order valence-electron chi connectivity index (χ2n) is 4.25. The molecule has 1 aliphatic rings. The van der Waals surface area contributed by atoms with Gasteiger partial charge in [0.25, 0.3) is 0 Å². The van der Waals surface area contributed by atoms with Crippen LogP contribution in [0.5, 0.6) is 0 Å². The molecule has 0 aliphatic heterocycles. The summed E-state index contributed by atoms with van der Waals surface area (Å²) < 4.78 is 28.3. The normalized spacial score (nSPS) is 18.3. The average molecular weight is 234 g/mol. The van der Waals surface area contributed by atoms with Crippen molar-refractivity contribution in [2.75, 3.05) is 5.75 Å². The molecule has 4 nitrogen and oxygen atoms in total. The van der Waals surface area contributed by atoms with Crippen molar-refractivity contribution in [1.29, 1.82) is 0 Å². The molecule has 1 fully saturated rings. The van der Waals surface area contributed by atoms with Gasteiger partial charge in [-0.2, -0.15) is 0 Å². The lowest BCUT2D eigenvalue weighted by atomic mass is 10.4. The van der Waals surface area contributed by atoms with Crippen LogP contribution in [0, 0.1) is 0 Å². The largest absolute Gasteiger partial charge is 0.462 e. The summed E-state index contributed by atoms with van der Waals surface area (Å²) in [5.41, 5.74) is 0. The monoisotopic (exact) mass is 234 g/mol. The molecule has 0 saturated heterocycles. The van der Waals surface area contributed by atoms with Crippen molar-refractivity contribution in [2.24, 2.45) is 0 Å². The Morgan fingerprint density at radius 2 is 1.87 bits per heavy atom. The number of ether oxygens (including phenoxy) is 1. The van der Waals surface area contributed by atoms with Gasteiger partial charge in [0.2, 0.25) is 0 Å². The molecular weight excluding hydrogens is 216 g/mol. The molecule has 0 heterocycles. The molecule has 0 N–H and O–H groups in total. The Hall–Kier alpha value is -0.580. The fourth-order valence-corrected chi connectivity index (χ4v) is 3.51. The zero-order chi connectivity index (χ0) is 11.5. The highest BCUT2D eigenvalue weighted by Gasteiger charge is 2.31. The average Bonchev–Trinajstić information content (AvgIpc) is 2.51. The van der Waals surface area contributed by atoms with Crippen LogP contribution >= 0.6 is 0 Å². The lowest BCUT2D eigenvalue weighted by Gasteiger charge is -2.12. The summed E-state index contributed by atoms with van der Waals surface area (Å²) in [6, 6.07) is 0. The maximum atomic E-state index is 11.7. The lowest BCUT2D eigenvalue weighted by Crippen LogP contribution is -2.28. The molecule has 1 aliphatic carbocycles. The van der Waals surface area contributed by atoms with Gasteiger partial charge in [-0.25, -0.2) is 8.42 Å². The molecule has 0 bridgehead atoms. The van der Waals surface area contributed by atoms with Gasteiger partial charge in [-0.1, -0.05) is 12.8 Å². The smallest absolute Gasteiger partial charge is 0.321 e. The quantitative estimate of drug-likeness (QED) is 0.688. The summed E-state index contributed by atoms with van der Waals surface area (Å²) in [5, 5.41) is -0.322. The lowest BCUT2D eigenvalue weighted by molar-refractivity contribution is -0.144. The van der Waals surface area contributed by atoms with Crippen molar-refractivity contribution in [1.82, 2.24) is 0 Å². The summed E-state index contributed by atoms with van der Waals surface area (Å²) >= 11 is 0. The zero-order valence-electron chi connectivity index (χ0n) is 9.23. The van der Waals surface area contributed by atoms with E-state index in [1.165, 1.54) is 0 Å². The van der Waals surface area contributed by atoms with Crippen LogP contribution < -0.4 is 0 Å². The third kappa shape index (κ3) is 3.81. The second kappa shape index (κ2) is 4.96. The SMILES string of the molecule is CC(C)OC(=O)CS(=O)(=O)C1CCCC1. The van der Waals surface area contributed by atoms with Crippen molar-refractivity contribution in [3.8, 4) is 0 Å². The van der Waals surface area contributed by atoms with E-state index in [0.29, 0.717) is 12.8 Å². The molecular formula is C10H18O4S. The number of hydrogen-bond acceptors (Lipinski definition) is 4. The fraction of sp³-hybridized carbons (Fsp3) is 0.900. The maximum Gasteiger partial charge on any atom is 0.321 e. The number of carbonyl (C=O) groups excluding carboxylic acids is 1. The summed E-state index contributed by atoms with van der Waals surface area (Å²) in [4.78, 5) is 11.2. The highest BCUT2D eigenvalue weighted by atomic mass is 32.2. The van der Waals surface area contributed by atoms with Gasteiger partial charge in [0.05, 0.1) is 11.4 Å². The van der Waals surface area contributed by atoms with E-state index in [9.17, 15) is 13.2 Å². The van der Waals surface area contributed by atoms with E-state index in [4.69, 9.17) is 4.74 Å². The Kier molecular flexibility index (Phi) is 4.13. The van der Waals surface area contributed by atoms with Crippen LogP contribution in [-0.4, -0.2) is 31.5 Å². The van der Waals surface area contributed by atoms with Crippen molar-refractivity contribution < 1.29 is 17.9 Å². The molecule has 0 amide bonds. The minimum Gasteiger partial charge on any atom is -0.462 e. The Balaban J connectivity index is 2.52. The summed E-state index contributed by atoms with van der Waals surface area (Å²) in [6.07, 6.45) is 3.03. The summed E-state index contributed by atoms with van der Waals surface area (Å²) in [7, 11) is -3.28. The molecule has 0 aromatic carbocycles. The van der Waals surface area contributed by atoms with Gasteiger partial charge in [0, 0.05) is 0 Å². The molecule has 15 heavy (non-hydrogen) atoms. The van der Waals surface area contributed by atoms with Crippen LogP contribution in [0.2, 0.25) is 0 Å². The highest BCUT2D eigenvalue weighted by Crippen LogP contribution is 2.25. The minimum absolute atomic E-state index is 0.253. The number of hydrogen-bond donors (Lipinski definition) is 0. The maximum absolute atomic E-state index is 11.7. The third-order valence-corrected chi connectivity index (χ3v) is 4.62. The van der Waals surface area contributed by atoms with E-state index < -0.39 is 21.6 Å². The van der Waals surface area contributed by atoms with E-state index >= 15 is 0 Å². The zero-order valence-corrected chi connectivity index (χ0v) is 10.0. The van der Waals surface area contributed by atoms with E-state index in [-0.39, 0.29) is 11.4 Å². The van der Waals surface area contributed by atoms with Crippen LogP contribution in [0.1, 0.15) is 39.5 Å². The van der Waals surface area contributed by atoms with Crippen molar-refractivity contribution in [3.05, 3.63) is 0 Å². The van der Waals surface area contributed by atoms with E-state index in [2.05, 4.69) is 0 Å². The number of rotatable bonds is 4. The minimum atomic E-state index is -3.28. The summed E-state index contributed by atoms with van der Waals surface area (Å²) in [5.74, 6) is -1.09. The molecule has 1 rings (SSSR count). The van der Waals surface area contributed by atoms with Crippen LogP contribution in [0.3, 0.4) is 0 Å². The molecule has 0 spiro atoms. The van der Waals surface area contributed by atoms with Gasteiger partial charge in [-0.15, -0.1) is 0 Å². The van der Waals surface area contributed by atoms with E-state index in [1.54, 1.807) is 13.8 Å². The van der Waals surface area contributed by atoms with Gasteiger partial charge in [-0.3, -0.25) is 4.79 Å². The Morgan fingerprint density at radius 3 is 2.33 bits per heavy atom. The molecule has 0 unspecified atom stereocenters. The highest BCUT2D eigenvalue weighted by molar-refractivity contribution is 7.92. The van der Waals surface area contributed by atoms with Crippen molar-refractivity contribution >= 4 is 15.8 Å². The Labute approximate surface area is 90.9 Å². The van der Waals surface area contributed by atoms with Crippen LogP contribution in [0.15, 0.2) is 0 Å². The van der Waals surface area contributed by atoms with Gasteiger partial charge >= 0.3 is 5.97 Å². The number of carbonyl (C=O) groups is 1. The van der Waals surface area contributed by atoms with Crippen LogP contribution in [0.25, 0.3) is 0 Å². The third-order valence-electron chi connectivity index (χ3n) is 2.50. The second-order valence-corrected chi connectivity index (χ2v) is 6.53. The Morgan fingerprint density at radius 1 is 1.33 bits per heavy atom. The predicted octanol–water partition coefficient (Wildman–Crippen LogP) is 1.30. The Bertz CT molecular complexity index is 312. The molecule has 5 heteroatoms. The summed E-state index contributed by atoms with van der Waals surface area (Å²) in [6.45, 7) is 3.42.